The number of carbonyl (C=O) groups is 1. The van der Waals surface area contributed by atoms with Crippen LogP contribution in [0.3, 0.4) is 0 Å². The lowest BCUT2D eigenvalue weighted by molar-refractivity contribution is -0.141. The Morgan fingerprint density at radius 2 is 1.80 bits per heavy atom. The highest BCUT2D eigenvalue weighted by molar-refractivity contribution is 5.75. The van der Waals surface area contributed by atoms with Crippen molar-refractivity contribution in [2.75, 3.05) is 6.61 Å². The van der Waals surface area contributed by atoms with Crippen LogP contribution in [0.1, 0.15) is 24.3 Å². The molecule has 1 aliphatic heterocycles. The van der Waals surface area contributed by atoms with E-state index in [1.165, 1.54) is 5.56 Å². The Morgan fingerprint density at radius 1 is 1.07 bits per heavy atom. The van der Waals surface area contributed by atoms with E-state index in [1.807, 2.05) is 6.07 Å². The maximum atomic E-state index is 11.4. The van der Waals surface area contributed by atoms with Crippen LogP contribution in [0.4, 0.5) is 0 Å². The highest BCUT2D eigenvalue weighted by Gasteiger charge is 2.46. The maximum Gasteiger partial charge on any atom is 0.309 e. The minimum absolute atomic E-state index is 0.0263. The van der Waals surface area contributed by atoms with Gasteiger partial charge in [0, 0.05) is 5.92 Å². The summed E-state index contributed by atoms with van der Waals surface area (Å²) in [6.45, 7) is 0.628. The lowest BCUT2D eigenvalue weighted by atomic mass is 9.87. The third kappa shape index (κ3) is 1.36. The molecule has 1 saturated carbocycles. The van der Waals surface area contributed by atoms with Gasteiger partial charge in [0.15, 0.2) is 0 Å². The number of rotatable bonds is 1. The molecule has 1 saturated heterocycles. The zero-order valence-electron chi connectivity index (χ0n) is 8.56. The number of ether oxygens (including phenoxy) is 1. The number of carbonyl (C=O) groups excluding carboxylic acids is 1. The predicted molar refractivity (Wildman–Crippen MR) is 56.4 cm³/mol. The lowest BCUT2D eigenvalue weighted by Gasteiger charge is -2.16. The van der Waals surface area contributed by atoms with Crippen LogP contribution >= 0.6 is 0 Å². The molecule has 3 rings (SSSR count). The Balaban J connectivity index is 1.88. The molecule has 0 aromatic heterocycles. The molecule has 2 nitrogen and oxygen atoms in total. The van der Waals surface area contributed by atoms with E-state index >= 15 is 0 Å². The van der Waals surface area contributed by atoms with Crippen LogP contribution in [-0.4, -0.2) is 12.6 Å². The summed E-state index contributed by atoms with van der Waals surface area (Å²) < 4.78 is 5.13. The summed E-state index contributed by atoms with van der Waals surface area (Å²) >= 11 is 0. The van der Waals surface area contributed by atoms with Gasteiger partial charge in [-0.2, -0.15) is 0 Å². The molecule has 1 heterocycles. The molecular formula is C13H14O2. The largest absolute Gasteiger partial charge is 0.465 e. The van der Waals surface area contributed by atoms with Crippen molar-refractivity contribution in [1.29, 1.82) is 0 Å². The molecule has 1 aliphatic carbocycles. The second kappa shape index (κ2) is 3.37. The van der Waals surface area contributed by atoms with Gasteiger partial charge in [-0.1, -0.05) is 30.3 Å². The van der Waals surface area contributed by atoms with Gasteiger partial charge in [0.25, 0.3) is 0 Å². The molecule has 78 valence electrons. The Labute approximate surface area is 89.2 Å². The van der Waals surface area contributed by atoms with Gasteiger partial charge in [-0.25, -0.2) is 0 Å². The molecule has 2 fully saturated rings. The van der Waals surface area contributed by atoms with Crippen LogP contribution in [-0.2, 0) is 9.53 Å². The molecule has 1 aromatic carbocycles. The minimum Gasteiger partial charge on any atom is -0.465 e. The normalized spacial score (nSPS) is 33.9. The first-order valence-corrected chi connectivity index (χ1v) is 5.58. The van der Waals surface area contributed by atoms with Crippen molar-refractivity contribution >= 4 is 5.97 Å². The lowest BCUT2D eigenvalue weighted by Crippen LogP contribution is -2.13. The Kier molecular flexibility index (Phi) is 2.01. The predicted octanol–water partition coefficient (Wildman–Crippen LogP) is 2.35. The highest BCUT2D eigenvalue weighted by Crippen LogP contribution is 2.47. The smallest absolute Gasteiger partial charge is 0.309 e. The molecular weight excluding hydrogens is 188 g/mol. The standard InChI is InChI=1S/C13H14O2/c14-13-11-7-6-10(12(11)8-15-13)9-4-2-1-3-5-9/h1-5,10-12H,6-8H2/t10-,11-,12+/m1/s1. The summed E-state index contributed by atoms with van der Waals surface area (Å²) in [5.41, 5.74) is 1.36. The fourth-order valence-corrected chi connectivity index (χ4v) is 2.99. The fourth-order valence-electron chi connectivity index (χ4n) is 2.99. The van der Waals surface area contributed by atoms with E-state index in [4.69, 9.17) is 4.74 Å². The highest BCUT2D eigenvalue weighted by atomic mass is 16.5. The van der Waals surface area contributed by atoms with E-state index < -0.39 is 0 Å². The summed E-state index contributed by atoms with van der Waals surface area (Å²) in [5, 5.41) is 0. The van der Waals surface area contributed by atoms with E-state index in [0.717, 1.165) is 12.8 Å². The van der Waals surface area contributed by atoms with Crippen molar-refractivity contribution in [3.8, 4) is 0 Å². The SMILES string of the molecule is O=C1OC[C@H]2[C@@H](c3ccccc3)CC[C@@H]12. The molecule has 3 atom stereocenters. The van der Waals surface area contributed by atoms with E-state index in [9.17, 15) is 4.79 Å². The first-order chi connectivity index (χ1) is 7.36. The monoisotopic (exact) mass is 202 g/mol. The second-order valence-electron chi connectivity index (χ2n) is 4.49. The van der Waals surface area contributed by atoms with Crippen molar-refractivity contribution in [2.45, 2.75) is 18.8 Å². The van der Waals surface area contributed by atoms with Gasteiger partial charge in [0.05, 0.1) is 12.5 Å². The number of benzene rings is 1. The average molecular weight is 202 g/mol. The van der Waals surface area contributed by atoms with Gasteiger partial charge < -0.3 is 4.74 Å². The van der Waals surface area contributed by atoms with E-state index in [1.54, 1.807) is 0 Å². The van der Waals surface area contributed by atoms with Gasteiger partial charge >= 0.3 is 5.97 Å². The minimum atomic E-state index is 0.0263. The van der Waals surface area contributed by atoms with Crippen LogP contribution in [0.25, 0.3) is 0 Å². The maximum absolute atomic E-state index is 11.4. The number of hydrogen-bond donors (Lipinski definition) is 0. The quantitative estimate of drug-likeness (QED) is 0.653. The molecule has 0 N–H and O–H groups in total. The van der Waals surface area contributed by atoms with Gasteiger partial charge in [-0.05, 0) is 24.3 Å². The van der Waals surface area contributed by atoms with E-state index in [-0.39, 0.29) is 11.9 Å². The topological polar surface area (TPSA) is 26.3 Å². The molecule has 1 aromatic rings. The van der Waals surface area contributed by atoms with Crippen LogP contribution < -0.4 is 0 Å². The van der Waals surface area contributed by atoms with Crippen LogP contribution in [0.5, 0.6) is 0 Å². The summed E-state index contributed by atoms with van der Waals surface area (Å²) in [6, 6.07) is 10.5. The molecule has 0 bridgehead atoms. The van der Waals surface area contributed by atoms with Crippen molar-refractivity contribution in [3.05, 3.63) is 35.9 Å². The molecule has 15 heavy (non-hydrogen) atoms. The van der Waals surface area contributed by atoms with Crippen LogP contribution in [0.2, 0.25) is 0 Å². The molecule has 0 radical (unpaired) electrons. The number of fused-ring (bicyclic) bond motifs is 1. The Bertz CT molecular complexity index is 371. The number of hydrogen-bond acceptors (Lipinski definition) is 2. The summed E-state index contributed by atoms with van der Waals surface area (Å²) in [6.07, 6.45) is 2.14. The van der Waals surface area contributed by atoms with Gasteiger partial charge in [0.1, 0.15) is 0 Å². The van der Waals surface area contributed by atoms with Gasteiger partial charge in [0.2, 0.25) is 0 Å². The zero-order chi connectivity index (χ0) is 10.3. The van der Waals surface area contributed by atoms with Crippen molar-refractivity contribution < 1.29 is 9.53 Å². The summed E-state index contributed by atoms with van der Waals surface area (Å²) in [7, 11) is 0. The molecule has 2 aliphatic rings. The second-order valence-corrected chi connectivity index (χ2v) is 4.49. The van der Waals surface area contributed by atoms with Gasteiger partial charge in [-0.3, -0.25) is 4.79 Å². The molecule has 0 amide bonds. The Morgan fingerprint density at radius 3 is 2.60 bits per heavy atom. The van der Waals surface area contributed by atoms with Crippen molar-refractivity contribution in [2.24, 2.45) is 11.8 Å². The van der Waals surface area contributed by atoms with Gasteiger partial charge in [-0.15, -0.1) is 0 Å². The van der Waals surface area contributed by atoms with Crippen LogP contribution in [0, 0.1) is 11.8 Å². The first kappa shape index (κ1) is 8.96. The third-order valence-corrected chi connectivity index (χ3v) is 3.77. The number of cyclic esters (lactones) is 1. The van der Waals surface area contributed by atoms with E-state index in [2.05, 4.69) is 24.3 Å². The number of esters is 1. The summed E-state index contributed by atoms with van der Waals surface area (Å²) in [5.74, 6) is 1.16. The molecule has 0 unspecified atom stereocenters. The average Bonchev–Trinajstić information content (AvgIpc) is 2.83. The Hall–Kier alpha value is -1.31. The third-order valence-electron chi connectivity index (χ3n) is 3.77. The van der Waals surface area contributed by atoms with E-state index in [0.29, 0.717) is 18.4 Å². The van der Waals surface area contributed by atoms with Crippen LogP contribution in [0.15, 0.2) is 30.3 Å². The first-order valence-electron chi connectivity index (χ1n) is 5.58. The molecule has 2 heteroatoms. The molecule has 0 spiro atoms. The van der Waals surface area contributed by atoms with Crippen molar-refractivity contribution in [3.63, 3.8) is 0 Å². The zero-order valence-corrected chi connectivity index (χ0v) is 8.56. The van der Waals surface area contributed by atoms with Crippen molar-refractivity contribution in [1.82, 2.24) is 0 Å². The fraction of sp³-hybridized carbons (Fsp3) is 0.462. The summed E-state index contributed by atoms with van der Waals surface area (Å²) in [4.78, 5) is 11.4.